The Morgan fingerprint density at radius 2 is 1.67 bits per heavy atom. The maximum absolute atomic E-state index is 5.54. The summed E-state index contributed by atoms with van der Waals surface area (Å²) in [6.45, 7) is 6.01. The Labute approximate surface area is 108 Å². The van der Waals surface area contributed by atoms with Crippen LogP contribution in [-0.2, 0) is 6.42 Å². The van der Waals surface area contributed by atoms with Crippen LogP contribution in [0, 0.1) is 0 Å². The fourth-order valence-electron chi connectivity index (χ4n) is 2.46. The number of aryl methyl sites for hydroxylation is 1. The minimum Gasteiger partial charge on any atom is -0.493 e. The van der Waals surface area contributed by atoms with Crippen LogP contribution in [0.3, 0.4) is 0 Å². The molecule has 2 aromatic carbocycles. The lowest BCUT2D eigenvalue weighted by molar-refractivity contribution is 0.352. The molecule has 0 N–H and O–H groups in total. The van der Waals surface area contributed by atoms with Gasteiger partial charge in [0.05, 0.1) is 14.2 Å². The van der Waals surface area contributed by atoms with Crippen LogP contribution in [0.2, 0.25) is 0 Å². The van der Waals surface area contributed by atoms with Gasteiger partial charge in [0.2, 0.25) is 0 Å². The zero-order chi connectivity index (χ0) is 13.1. The molecule has 0 spiro atoms. The summed E-state index contributed by atoms with van der Waals surface area (Å²) in [6, 6.07) is 8.28. The predicted octanol–water partition coefficient (Wildman–Crippen LogP) is 4.06. The van der Waals surface area contributed by atoms with Gasteiger partial charge in [0, 0.05) is 11.1 Å². The fraction of sp³-hybridized carbons (Fsp3) is 0.250. The molecule has 0 aliphatic rings. The first-order valence-corrected chi connectivity index (χ1v) is 6.06. The van der Waals surface area contributed by atoms with E-state index in [1.165, 1.54) is 10.9 Å². The van der Waals surface area contributed by atoms with E-state index in [-0.39, 0.29) is 0 Å². The molecule has 2 rings (SSSR count). The average Bonchev–Trinajstić information content (AvgIpc) is 2.44. The monoisotopic (exact) mass is 242 g/mol. The summed E-state index contributed by atoms with van der Waals surface area (Å²) in [7, 11) is 3.34. The first-order valence-electron chi connectivity index (χ1n) is 6.06. The van der Waals surface area contributed by atoms with E-state index >= 15 is 0 Å². The predicted molar refractivity (Wildman–Crippen MR) is 76.5 cm³/mol. The van der Waals surface area contributed by atoms with Crippen molar-refractivity contribution in [1.29, 1.82) is 0 Å². The Bertz CT molecular complexity index is 585. The van der Waals surface area contributed by atoms with E-state index in [0.29, 0.717) is 0 Å². The first kappa shape index (κ1) is 12.5. The molecule has 0 atom stereocenters. The SMILES string of the molecule is C=Cc1c(OC)c(OC)c(CC)c2ccccc12. The van der Waals surface area contributed by atoms with Crippen LogP contribution >= 0.6 is 0 Å². The Balaban J connectivity index is 2.99. The van der Waals surface area contributed by atoms with Crippen molar-refractivity contribution in [2.24, 2.45) is 0 Å². The summed E-state index contributed by atoms with van der Waals surface area (Å²) in [4.78, 5) is 0. The quantitative estimate of drug-likeness (QED) is 0.804. The molecule has 0 aromatic heterocycles. The van der Waals surface area contributed by atoms with Crippen molar-refractivity contribution in [1.82, 2.24) is 0 Å². The third-order valence-electron chi connectivity index (χ3n) is 3.23. The molecular weight excluding hydrogens is 224 g/mol. The Morgan fingerprint density at radius 1 is 1.06 bits per heavy atom. The number of hydrogen-bond acceptors (Lipinski definition) is 2. The molecular formula is C16H18O2. The lowest BCUT2D eigenvalue weighted by Gasteiger charge is -2.18. The first-order chi connectivity index (χ1) is 8.78. The molecule has 0 aliphatic carbocycles. The topological polar surface area (TPSA) is 18.5 Å². The highest BCUT2D eigenvalue weighted by atomic mass is 16.5. The molecule has 0 heterocycles. The molecule has 18 heavy (non-hydrogen) atoms. The maximum atomic E-state index is 5.54. The second-order valence-electron chi connectivity index (χ2n) is 4.06. The average molecular weight is 242 g/mol. The van der Waals surface area contributed by atoms with E-state index in [0.717, 1.165) is 28.9 Å². The number of benzene rings is 2. The van der Waals surface area contributed by atoms with Crippen LogP contribution in [0.25, 0.3) is 16.8 Å². The van der Waals surface area contributed by atoms with Gasteiger partial charge in [0.1, 0.15) is 0 Å². The fourth-order valence-corrected chi connectivity index (χ4v) is 2.46. The van der Waals surface area contributed by atoms with Gasteiger partial charge in [0.15, 0.2) is 11.5 Å². The van der Waals surface area contributed by atoms with E-state index < -0.39 is 0 Å². The van der Waals surface area contributed by atoms with Gasteiger partial charge in [-0.25, -0.2) is 0 Å². The molecule has 0 amide bonds. The minimum absolute atomic E-state index is 0.767. The van der Waals surface area contributed by atoms with Crippen LogP contribution in [0.5, 0.6) is 11.5 Å². The normalized spacial score (nSPS) is 10.4. The largest absolute Gasteiger partial charge is 0.493 e. The van der Waals surface area contributed by atoms with Gasteiger partial charge in [-0.2, -0.15) is 0 Å². The summed E-state index contributed by atoms with van der Waals surface area (Å²) >= 11 is 0. The third kappa shape index (κ3) is 1.74. The summed E-state index contributed by atoms with van der Waals surface area (Å²) < 4.78 is 11.0. The van der Waals surface area contributed by atoms with E-state index in [9.17, 15) is 0 Å². The number of ether oxygens (including phenoxy) is 2. The summed E-state index contributed by atoms with van der Waals surface area (Å²) in [6.07, 6.45) is 2.72. The van der Waals surface area contributed by atoms with Crippen molar-refractivity contribution < 1.29 is 9.47 Å². The lowest BCUT2D eigenvalue weighted by Crippen LogP contribution is -1.99. The van der Waals surface area contributed by atoms with Crippen LogP contribution in [0.1, 0.15) is 18.1 Å². The molecule has 0 saturated carbocycles. The van der Waals surface area contributed by atoms with E-state index in [1.807, 2.05) is 18.2 Å². The number of rotatable bonds is 4. The smallest absolute Gasteiger partial charge is 0.168 e. The molecule has 2 heteroatoms. The second kappa shape index (κ2) is 5.13. The summed E-state index contributed by atoms with van der Waals surface area (Å²) in [5.41, 5.74) is 2.16. The second-order valence-corrected chi connectivity index (χ2v) is 4.06. The molecule has 0 fully saturated rings. The van der Waals surface area contributed by atoms with Gasteiger partial charge in [-0.3, -0.25) is 0 Å². The van der Waals surface area contributed by atoms with E-state index in [1.54, 1.807) is 14.2 Å². The van der Waals surface area contributed by atoms with Crippen LogP contribution < -0.4 is 9.47 Å². The molecule has 0 unspecified atom stereocenters. The number of fused-ring (bicyclic) bond motifs is 1. The standard InChI is InChI=1S/C16H18O2/c1-5-11-13-9-7-8-10-14(13)12(6-2)16(18-4)15(11)17-3/h5,7-10H,1,6H2,2-4H3. The number of hydrogen-bond donors (Lipinski definition) is 0. The van der Waals surface area contributed by atoms with Crippen molar-refractivity contribution >= 4 is 16.8 Å². The Morgan fingerprint density at radius 3 is 2.17 bits per heavy atom. The summed E-state index contributed by atoms with van der Waals surface area (Å²) in [5, 5.41) is 2.36. The zero-order valence-corrected chi connectivity index (χ0v) is 11.1. The molecule has 0 aliphatic heterocycles. The van der Waals surface area contributed by atoms with Gasteiger partial charge in [-0.15, -0.1) is 0 Å². The van der Waals surface area contributed by atoms with Crippen molar-refractivity contribution in [3.8, 4) is 11.5 Å². The van der Waals surface area contributed by atoms with E-state index in [2.05, 4.69) is 25.6 Å². The molecule has 0 bridgehead atoms. The highest BCUT2D eigenvalue weighted by Gasteiger charge is 2.17. The third-order valence-corrected chi connectivity index (χ3v) is 3.23. The van der Waals surface area contributed by atoms with Gasteiger partial charge >= 0.3 is 0 Å². The molecule has 94 valence electrons. The van der Waals surface area contributed by atoms with Gasteiger partial charge in [-0.1, -0.05) is 43.8 Å². The van der Waals surface area contributed by atoms with Crippen molar-refractivity contribution in [3.63, 3.8) is 0 Å². The van der Waals surface area contributed by atoms with Crippen molar-refractivity contribution in [3.05, 3.63) is 42.0 Å². The van der Waals surface area contributed by atoms with Crippen molar-refractivity contribution in [2.75, 3.05) is 14.2 Å². The van der Waals surface area contributed by atoms with E-state index in [4.69, 9.17) is 9.47 Å². The molecule has 0 radical (unpaired) electrons. The van der Waals surface area contributed by atoms with Gasteiger partial charge < -0.3 is 9.47 Å². The van der Waals surface area contributed by atoms with Gasteiger partial charge in [0.25, 0.3) is 0 Å². The Kier molecular flexibility index (Phi) is 3.56. The zero-order valence-electron chi connectivity index (χ0n) is 11.1. The summed E-state index contributed by atoms with van der Waals surface area (Å²) in [5.74, 6) is 1.58. The lowest BCUT2D eigenvalue weighted by atomic mass is 9.96. The van der Waals surface area contributed by atoms with Crippen molar-refractivity contribution in [2.45, 2.75) is 13.3 Å². The van der Waals surface area contributed by atoms with Crippen LogP contribution in [-0.4, -0.2) is 14.2 Å². The van der Waals surface area contributed by atoms with Gasteiger partial charge in [-0.05, 0) is 17.2 Å². The molecule has 2 aromatic rings. The molecule has 2 nitrogen and oxygen atoms in total. The minimum atomic E-state index is 0.767. The maximum Gasteiger partial charge on any atom is 0.168 e. The highest BCUT2D eigenvalue weighted by molar-refractivity contribution is 5.97. The molecule has 0 saturated heterocycles. The number of methoxy groups -OCH3 is 2. The highest BCUT2D eigenvalue weighted by Crippen LogP contribution is 2.42. The van der Waals surface area contributed by atoms with Crippen LogP contribution in [0.15, 0.2) is 30.8 Å². The van der Waals surface area contributed by atoms with Crippen LogP contribution in [0.4, 0.5) is 0 Å². The Hall–Kier alpha value is -1.96.